The van der Waals surface area contributed by atoms with E-state index in [4.69, 9.17) is 0 Å². The number of unbranched alkanes of at least 4 members (excludes halogenated alkanes) is 20. The molecule has 2 aromatic rings. The fourth-order valence-electron chi connectivity index (χ4n) is 7.35. The van der Waals surface area contributed by atoms with Crippen molar-refractivity contribution in [3.8, 4) is 0 Å². The van der Waals surface area contributed by atoms with Gasteiger partial charge in [-0.05, 0) is 47.9 Å². The second kappa shape index (κ2) is 25.3. The van der Waals surface area contributed by atoms with Gasteiger partial charge in [-0.25, -0.2) is 0 Å². The first-order valence-corrected chi connectivity index (χ1v) is 19.8. The number of rotatable bonds is 30. The first-order chi connectivity index (χ1) is 23.0. The van der Waals surface area contributed by atoms with Crippen LogP contribution < -0.4 is 0 Å². The molecule has 0 aromatic heterocycles. The molecule has 0 saturated carbocycles. The number of aryl methyl sites for hydroxylation is 2. The van der Waals surface area contributed by atoms with Crippen molar-refractivity contribution in [2.75, 3.05) is 19.8 Å². The highest BCUT2D eigenvalue weighted by Gasteiger charge is 2.53. The average molecular weight is 653 g/mol. The van der Waals surface area contributed by atoms with Gasteiger partial charge in [0, 0.05) is 0 Å². The zero-order valence-electron chi connectivity index (χ0n) is 30.5. The van der Waals surface area contributed by atoms with Crippen LogP contribution in [0.2, 0.25) is 0 Å². The maximum atomic E-state index is 12.9. The Kier molecular flexibility index (Phi) is 22.3. The van der Waals surface area contributed by atoms with E-state index in [-0.39, 0.29) is 0 Å². The minimum absolute atomic E-state index is 0.532. The van der Waals surface area contributed by atoms with E-state index in [0.29, 0.717) is 11.1 Å². The SMILES string of the molecule is CCCCCCCCCCCCCc1ccccc1C(O)(c1ccccc1CCCCCCCCCCCCC)C(CO)(CO)CO. The summed E-state index contributed by atoms with van der Waals surface area (Å²) in [5, 5.41) is 45.0. The summed E-state index contributed by atoms with van der Waals surface area (Å²) in [6, 6.07) is 15.9. The predicted molar refractivity (Wildman–Crippen MR) is 200 cm³/mol. The molecule has 2 aromatic carbocycles. The maximum Gasteiger partial charge on any atom is 0.127 e. The van der Waals surface area contributed by atoms with Crippen LogP contribution in [0.25, 0.3) is 0 Å². The monoisotopic (exact) mass is 653 g/mol. The molecule has 0 aliphatic heterocycles. The summed E-state index contributed by atoms with van der Waals surface area (Å²) in [7, 11) is 0. The van der Waals surface area contributed by atoms with E-state index < -0.39 is 30.8 Å². The van der Waals surface area contributed by atoms with Crippen molar-refractivity contribution in [1.29, 1.82) is 0 Å². The molecule has 0 radical (unpaired) electrons. The molecular formula is C43H72O4. The predicted octanol–water partition coefficient (Wildman–Crippen LogP) is 10.6. The number of hydrogen-bond acceptors (Lipinski definition) is 4. The van der Waals surface area contributed by atoms with Gasteiger partial charge in [-0.1, -0.05) is 191 Å². The van der Waals surface area contributed by atoms with Gasteiger partial charge in [-0.3, -0.25) is 0 Å². The van der Waals surface area contributed by atoms with Crippen LogP contribution in [0, 0.1) is 5.41 Å². The number of benzene rings is 2. The highest BCUT2D eigenvalue weighted by molar-refractivity contribution is 5.47. The Hall–Kier alpha value is -1.72. The Morgan fingerprint density at radius 2 is 0.681 bits per heavy atom. The van der Waals surface area contributed by atoms with Gasteiger partial charge in [0.2, 0.25) is 0 Å². The Morgan fingerprint density at radius 3 is 0.979 bits per heavy atom. The smallest absolute Gasteiger partial charge is 0.127 e. The van der Waals surface area contributed by atoms with E-state index in [9.17, 15) is 20.4 Å². The summed E-state index contributed by atoms with van der Waals surface area (Å²) in [6.45, 7) is 2.93. The van der Waals surface area contributed by atoms with Gasteiger partial charge in [0.05, 0.1) is 25.2 Å². The molecule has 0 saturated heterocycles. The molecule has 47 heavy (non-hydrogen) atoms. The largest absolute Gasteiger partial charge is 0.395 e. The molecule has 0 heterocycles. The van der Waals surface area contributed by atoms with Crippen LogP contribution in [-0.2, 0) is 18.4 Å². The molecule has 2 rings (SSSR count). The number of hydrogen-bond donors (Lipinski definition) is 4. The van der Waals surface area contributed by atoms with Crippen LogP contribution in [0.15, 0.2) is 48.5 Å². The summed E-state index contributed by atoms with van der Waals surface area (Å²) < 4.78 is 0. The third-order valence-corrected chi connectivity index (χ3v) is 10.6. The first-order valence-electron chi connectivity index (χ1n) is 19.8. The number of aliphatic hydroxyl groups is 4. The van der Waals surface area contributed by atoms with Crippen molar-refractivity contribution in [3.63, 3.8) is 0 Å². The van der Waals surface area contributed by atoms with Crippen LogP contribution in [0.3, 0.4) is 0 Å². The van der Waals surface area contributed by atoms with E-state index in [1.54, 1.807) is 0 Å². The lowest BCUT2D eigenvalue weighted by Gasteiger charge is -2.46. The number of aliphatic hydroxyl groups excluding tert-OH is 3. The van der Waals surface area contributed by atoms with Gasteiger partial charge in [-0.2, -0.15) is 0 Å². The fraction of sp³-hybridized carbons (Fsp3) is 0.721. The minimum Gasteiger partial charge on any atom is -0.395 e. The molecule has 0 fully saturated rings. The molecule has 0 aliphatic rings. The summed E-state index contributed by atoms with van der Waals surface area (Å²) in [6.07, 6.45) is 29.7. The maximum absolute atomic E-state index is 12.9. The van der Waals surface area contributed by atoms with Gasteiger partial charge in [0.15, 0.2) is 0 Å². The highest BCUT2D eigenvalue weighted by atomic mass is 16.3. The molecule has 268 valence electrons. The van der Waals surface area contributed by atoms with Crippen LogP contribution in [0.5, 0.6) is 0 Å². The van der Waals surface area contributed by atoms with Crippen molar-refractivity contribution in [3.05, 3.63) is 70.8 Å². The lowest BCUT2D eigenvalue weighted by molar-refractivity contribution is -0.136. The van der Waals surface area contributed by atoms with E-state index in [2.05, 4.69) is 26.0 Å². The summed E-state index contributed by atoms with van der Waals surface area (Å²) in [4.78, 5) is 0. The Balaban J connectivity index is 2.09. The van der Waals surface area contributed by atoms with Gasteiger partial charge < -0.3 is 20.4 Å². The molecule has 0 spiro atoms. The van der Waals surface area contributed by atoms with E-state index >= 15 is 0 Å². The minimum atomic E-state index is -1.74. The van der Waals surface area contributed by atoms with Crippen LogP contribution in [-0.4, -0.2) is 40.2 Å². The van der Waals surface area contributed by atoms with E-state index in [0.717, 1.165) is 49.7 Å². The molecule has 0 unspecified atom stereocenters. The third-order valence-electron chi connectivity index (χ3n) is 10.6. The third kappa shape index (κ3) is 13.6. The molecule has 0 atom stereocenters. The Bertz CT molecular complexity index is 952. The lowest BCUT2D eigenvalue weighted by atomic mass is 9.63. The van der Waals surface area contributed by atoms with Gasteiger partial charge in [-0.15, -0.1) is 0 Å². The molecule has 4 nitrogen and oxygen atoms in total. The second-order valence-corrected chi connectivity index (χ2v) is 14.4. The normalized spacial score (nSPS) is 12.2. The second-order valence-electron chi connectivity index (χ2n) is 14.4. The Morgan fingerprint density at radius 1 is 0.404 bits per heavy atom. The van der Waals surface area contributed by atoms with Crippen molar-refractivity contribution in [1.82, 2.24) is 0 Å². The highest BCUT2D eigenvalue weighted by Crippen LogP contribution is 2.47. The fourth-order valence-corrected chi connectivity index (χ4v) is 7.35. The van der Waals surface area contributed by atoms with Gasteiger partial charge in [0.1, 0.15) is 5.60 Å². The van der Waals surface area contributed by atoms with Crippen LogP contribution in [0.4, 0.5) is 0 Å². The van der Waals surface area contributed by atoms with Crippen molar-refractivity contribution >= 4 is 0 Å². The standard InChI is InChI=1S/C43H72O4/c1-3-5-7-9-11-13-15-17-19-21-23-29-38-31-25-27-33-40(38)43(47,42(35-44,36-45)37-46)41-34-28-26-32-39(41)30-24-22-20-18-16-14-12-10-8-6-4-2/h25-28,31-34,44-47H,3-24,29-30,35-37H2,1-2H3. The summed E-state index contributed by atoms with van der Waals surface area (Å²) >= 11 is 0. The molecule has 4 N–H and O–H groups in total. The first kappa shape index (κ1) is 41.5. The average Bonchev–Trinajstić information content (AvgIpc) is 3.10. The quantitative estimate of drug-likeness (QED) is 0.0633. The van der Waals surface area contributed by atoms with Gasteiger partial charge >= 0.3 is 0 Å². The molecular weight excluding hydrogens is 580 g/mol. The zero-order chi connectivity index (χ0) is 34.1. The van der Waals surface area contributed by atoms with Crippen LogP contribution >= 0.6 is 0 Å². The zero-order valence-corrected chi connectivity index (χ0v) is 30.5. The van der Waals surface area contributed by atoms with E-state index in [1.807, 2.05) is 36.4 Å². The summed E-state index contributed by atoms with van der Waals surface area (Å²) in [5.74, 6) is 0. The molecule has 4 heteroatoms. The molecule has 0 aliphatic carbocycles. The van der Waals surface area contributed by atoms with Crippen molar-refractivity contribution < 1.29 is 20.4 Å². The molecule has 0 amide bonds. The van der Waals surface area contributed by atoms with Gasteiger partial charge in [0.25, 0.3) is 0 Å². The van der Waals surface area contributed by atoms with Crippen molar-refractivity contribution in [2.24, 2.45) is 5.41 Å². The van der Waals surface area contributed by atoms with Crippen molar-refractivity contribution in [2.45, 2.75) is 174 Å². The van der Waals surface area contributed by atoms with Crippen LogP contribution in [0.1, 0.15) is 177 Å². The van der Waals surface area contributed by atoms with E-state index in [1.165, 1.54) is 116 Å². The molecule has 0 bridgehead atoms. The Labute approximate surface area is 289 Å². The topological polar surface area (TPSA) is 80.9 Å². The summed E-state index contributed by atoms with van der Waals surface area (Å²) in [5.41, 5.74) is 0.151. The lowest BCUT2D eigenvalue weighted by Crippen LogP contribution is -2.55.